The van der Waals surface area contributed by atoms with Crippen LogP contribution in [0, 0.1) is 39.9 Å². The van der Waals surface area contributed by atoms with Crippen molar-refractivity contribution >= 4 is 5.78 Å². The summed E-state index contributed by atoms with van der Waals surface area (Å²) in [5.41, 5.74) is 2.02. The van der Waals surface area contributed by atoms with Gasteiger partial charge in [-0.05, 0) is 66.1 Å². The lowest BCUT2D eigenvalue weighted by Gasteiger charge is -2.66. The van der Waals surface area contributed by atoms with Gasteiger partial charge in [-0.1, -0.05) is 25.5 Å². The molecule has 1 aliphatic heterocycles. The van der Waals surface area contributed by atoms with Crippen LogP contribution in [0.25, 0.3) is 0 Å². The van der Waals surface area contributed by atoms with E-state index in [4.69, 9.17) is 0 Å². The number of β-amino-alcohol motifs (C(OH)–C–C–N with tert-alkyl or cyclic N) is 1. The summed E-state index contributed by atoms with van der Waals surface area (Å²) in [6, 6.07) is 0.549. The summed E-state index contributed by atoms with van der Waals surface area (Å²) in [6.07, 6.45) is 8.27. The molecule has 6 bridgehead atoms. The number of aliphatic hydroxyl groups is 1. The van der Waals surface area contributed by atoms with Crippen molar-refractivity contribution in [3.63, 3.8) is 0 Å². The second-order valence-electron chi connectivity index (χ2n) is 10.7. The Labute approximate surface area is 150 Å². The third kappa shape index (κ3) is 1.46. The van der Waals surface area contributed by atoms with Gasteiger partial charge in [0.05, 0.1) is 6.61 Å². The van der Waals surface area contributed by atoms with Gasteiger partial charge in [0.2, 0.25) is 0 Å². The Morgan fingerprint density at radius 2 is 2.12 bits per heavy atom. The van der Waals surface area contributed by atoms with E-state index in [9.17, 15) is 9.90 Å². The molecule has 7 fully saturated rings. The number of piperidine rings is 1. The molecule has 8 atom stereocenters. The smallest absolute Gasteiger partial charge is 0.137 e. The van der Waals surface area contributed by atoms with E-state index in [2.05, 4.69) is 18.4 Å². The molecule has 136 valence electrons. The Hall–Kier alpha value is -0.670. The van der Waals surface area contributed by atoms with Crippen LogP contribution in [-0.2, 0) is 4.79 Å². The maximum atomic E-state index is 13.6. The fraction of sp³-hybridized carbons (Fsp3) is 0.864. The van der Waals surface area contributed by atoms with E-state index in [0.717, 1.165) is 31.8 Å². The third-order valence-electron chi connectivity index (χ3n) is 9.97. The molecule has 0 amide bonds. The van der Waals surface area contributed by atoms with Gasteiger partial charge in [-0.15, -0.1) is 0 Å². The van der Waals surface area contributed by atoms with Crippen LogP contribution in [-0.4, -0.2) is 41.5 Å². The van der Waals surface area contributed by atoms with Crippen LogP contribution < -0.4 is 0 Å². The Bertz CT molecular complexity index is 688. The fourth-order valence-electron chi connectivity index (χ4n) is 9.88. The predicted octanol–water partition coefficient (Wildman–Crippen LogP) is 3.03. The molecule has 25 heavy (non-hydrogen) atoms. The first-order valence-corrected chi connectivity index (χ1v) is 10.5. The first-order chi connectivity index (χ1) is 12.0. The van der Waals surface area contributed by atoms with Crippen LogP contribution in [0.1, 0.15) is 51.9 Å². The SMILES string of the molecule is C=C1CC23CC(=O)C4C56CCC[C@@]4(C)CN(CCO)C5C2CC1CC36. The minimum atomic E-state index is 0.135. The van der Waals surface area contributed by atoms with Gasteiger partial charge >= 0.3 is 0 Å². The summed E-state index contributed by atoms with van der Waals surface area (Å²) in [5, 5.41) is 9.77. The lowest BCUT2D eigenvalue weighted by molar-refractivity contribution is -0.188. The molecule has 7 unspecified atom stereocenters. The number of hydrogen-bond acceptors (Lipinski definition) is 3. The first-order valence-electron chi connectivity index (χ1n) is 10.5. The molecule has 7 rings (SSSR count). The molecule has 7 aliphatic rings. The lowest BCUT2D eigenvalue weighted by Crippen LogP contribution is -2.69. The minimum absolute atomic E-state index is 0.135. The number of aliphatic hydroxyl groups excluding tert-OH is 1. The summed E-state index contributed by atoms with van der Waals surface area (Å²) in [6.45, 7) is 8.91. The molecule has 0 aromatic heterocycles. The van der Waals surface area contributed by atoms with Crippen molar-refractivity contribution in [2.45, 2.75) is 57.9 Å². The van der Waals surface area contributed by atoms with Gasteiger partial charge in [0.1, 0.15) is 5.78 Å². The molecule has 3 heteroatoms. The highest BCUT2D eigenvalue weighted by atomic mass is 16.3. The number of allylic oxidation sites excluding steroid dienone is 1. The molecule has 3 nitrogen and oxygen atoms in total. The van der Waals surface area contributed by atoms with Crippen molar-refractivity contribution in [2.75, 3.05) is 19.7 Å². The number of ketones is 1. The fourth-order valence-corrected chi connectivity index (χ4v) is 9.88. The van der Waals surface area contributed by atoms with Crippen molar-refractivity contribution in [1.29, 1.82) is 0 Å². The van der Waals surface area contributed by atoms with Crippen LogP contribution in [0.15, 0.2) is 12.2 Å². The van der Waals surface area contributed by atoms with Crippen molar-refractivity contribution in [3.05, 3.63) is 12.2 Å². The second kappa shape index (κ2) is 4.42. The molecule has 1 N–H and O–H groups in total. The van der Waals surface area contributed by atoms with Gasteiger partial charge in [-0.25, -0.2) is 0 Å². The van der Waals surface area contributed by atoms with Crippen molar-refractivity contribution in [3.8, 4) is 0 Å². The summed E-state index contributed by atoms with van der Waals surface area (Å²) in [4.78, 5) is 16.2. The van der Waals surface area contributed by atoms with Crippen molar-refractivity contribution in [2.24, 2.45) is 39.9 Å². The Kier molecular flexibility index (Phi) is 2.72. The van der Waals surface area contributed by atoms with Gasteiger partial charge in [0.15, 0.2) is 0 Å². The zero-order valence-electron chi connectivity index (χ0n) is 15.5. The number of hydrogen-bond donors (Lipinski definition) is 1. The van der Waals surface area contributed by atoms with Crippen LogP contribution in [0.2, 0.25) is 0 Å². The standard InChI is InChI=1S/C22H31NO2/c1-13-10-21-11-16(25)18-20(2)4-3-5-22(18)17(21)9-14(13)8-15(21)19(22)23(12-20)6-7-24/h14-15,17-19,24H,1,3-12H2,2H3/t14?,15?,17?,18?,19?,20-,21?,22?/m0/s1. The Balaban J connectivity index is 1.60. The Morgan fingerprint density at radius 1 is 1.28 bits per heavy atom. The molecule has 0 aromatic carbocycles. The van der Waals surface area contributed by atoms with Gasteiger partial charge in [0.25, 0.3) is 0 Å². The van der Waals surface area contributed by atoms with E-state index in [1.165, 1.54) is 37.7 Å². The normalized spacial score (nSPS) is 58.7. The molecular formula is C22H31NO2. The quantitative estimate of drug-likeness (QED) is 0.785. The highest BCUT2D eigenvalue weighted by molar-refractivity contribution is 5.86. The van der Waals surface area contributed by atoms with Crippen molar-refractivity contribution < 1.29 is 9.90 Å². The monoisotopic (exact) mass is 341 g/mol. The number of likely N-dealkylation sites (tertiary alicyclic amines) is 1. The summed E-state index contributed by atoms with van der Waals surface area (Å²) >= 11 is 0. The van der Waals surface area contributed by atoms with Crippen LogP contribution >= 0.6 is 0 Å². The topological polar surface area (TPSA) is 40.5 Å². The Morgan fingerprint density at radius 3 is 2.92 bits per heavy atom. The average molecular weight is 341 g/mol. The van der Waals surface area contributed by atoms with Crippen LogP contribution in [0.5, 0.6) is 0 Å². The van der Waals surface area contributed by atoms with Gasteiger partial charge in [-0.3, -0.25) is 9.69 Å². The van der Waals surface area contributed by atoms with E-state index < -0.39 is 0 Å². The van der Waals surface area contributed by atoms with E-state index >= 15 is 0 Å². The van der Waals surface area contributed by atoms with Crippen molar-refractivity contribution in [1.82, 2.24) is 4.90 Å². The number of nitrogens with zero attached hydrogens (tertiary/aromatic N) is 1. The highest BCUT2D eigenvalue weighted by Crippen LogP contribution is 2.82. The van der Waals surface area contributed by atoms with Gasteiger partial charge in [0, 0.05) is 31.5 Å². The molecule has 0 aromatic rings. The maximum absolute atomic E-state index is 13.6. The molecule has 1 saturated heterocycles. The first kappa shape index (κ1) is 15.4. The summed E-state index contributed by atoms with van der Waals surface area (Å²) in [7, 11) is 0. The van der Waals surface area contributed by atoms with Crippen LogP contribution in [0.3, 0.4) is 0 Å². The molecule has 0 radical (unpaired) electrons. The number of fused-ring (bicyclic) bond motifs is 1. The lowest BCUT2D eigenvalue weighted by atomic mass is 9.40. The summed E-state index contributed by atoms with van der Waals surface area (Å²) in [5.74, 6) is 3.01. The molecule has 6 saturated carbocycles. The van der Waals surface area contributed by atoms with E-state index in [-0.39, 0.29) is 22.9 Å². The van der Waals surface area contributed by atoms with Gasteiger partial charge in [-0.2, -0.15) is 0 Å². The zero-order chi connectivity index (χ0) is 17.2. The maximum Gasteiger partial charge on any atom is 0.137 e. The molecule has 6 aliphatic carbocycles. The van der Waals surface area contributed by atoms with E-state index in [0.29, 0.717) is 29.6 Å². The number of Topliss-reactive ketones (excluding diaryl/α,β-unsaturated/α-hetero) is 1. The largest absolute Gasteiger partial charge is 0.395 e. The van der Waals surface area contributed by atoms with Crippen LogP contribution in [0.4, 0.5) is 0 Å². The highest BCUT2D eigenvalue weighted by Gasteiger charge is 2.81. The minimum Gasteiger partial charge on any atom is -0.395 e. The summed E-state index contributed by atoms with van der Waals surface area (Å²) < 4.78 is 0. The second-order valence-corrected chi connectivity index (χ2v) is 10.7. The average Bonchev–Trinajstić information content (AvgIpc) is 2.64. The van der Waals surface area contributed by atoms with E-state index in [1.807, 2.05) is 0 Å². The van der Waals surface area contributed by atoms with E-state index in [1.54, 1.807) is 0 Å². The third-order valence-corrected chi connectivity index (χ3v) is 9.97. The zero-order valence-corrected chi connectivity index (χ0v) is 15.5. The number of rotatable bonds is 2. The molecular weight excluding hydrogens is 310 g/mol. The molecule has 2 spiro atoms. The number of carbonyl (C=O) groups excluding carboxylic acids is 1. The molecule has 1 heterocycles. The predicted molar refractivity (Wildman–Crippen MR) is 95.8 cm³/mol. The van der Waals surface area contributed by atoms with Gasteiger partial charge < -0.3 is 5.11 Å². The number of carbonyl (C=O) groups is 1.